The van der Waals surface area contributed by atoms with Crippen LogP contribution in [0, 0.1) is 10.1 Å². The lowest BCUT2D eigenvalue weighted by Gasteiger charge is -2.37. The van der Waals surface area contributed by atoms with Gasteiger partial charge in [-0.2, -0.15) is 0 Å². The topological polar surface area (TPSA) is 100 Å². The molecular formula is C26H26N2O7. The monoisotopic (exact) mass is 478 g/mol. The van der Waals surface area contributed by atoms with E-state index < -0.39 is 11.0 Å². The minimum Gasteiger partial charge on any atom is -0.493 e. The van der Waals surface area contributed by atoms with Gasteiger partial charge in [0, 0.05) is 24.2 Å². The van der Waals surface area contributed by atoms with Crippen molar-refractivity contribution in [2.24, 2.45) is 0 Å². The summed E-state index contributed by atoms with van der Waals surface area (Å²) in [5.74, 6) is 2.08. The van der Waals surface area contributed by atoms with Gasteiger partial charge in [-0.05, 0) is 53.9 Å². The number of para-hydroxylation sites is 2. The third-order valence-corrected chi connectivity index (χ3v) is 6.05. The number of nitro groups is 1. The Labute approximate surface area is 202 Å². The number of amides is 1. The normalized spacial score (nSPS) is 14.6. The van der Waals surface area contributed by atoms with Gasteiger partial charge in [0.2, 0.25) is 0 Å². The summed E-state index contributed by atoms with van der Waals surface area (Å²) in [6.45, 7) is 0.611. The molecule has 0 saturated heterocycles. The minimum absolute atomic E-state index is 0.0709. The number of fused-ring (bicyclic) bond motifs is 1. The van der Waals surface area contributed by atoms with Crippen LogP contribution in [0.2, 0.25) is 0 Å². The van der Waals surface area contributed by atoms with Gasteiger partial charge in [0.25, 0.3) is 11.6 Å². The fourth-order valence-corrected chi connectivity index (χ4v) is 4.25. The van der Waals surface area contributed by atoms with Crippen LogP contribution in [0.4, 0.5) is 5.69 Å². The summed E-state index contributed by atoms with van der Waals surface area (Å²) in [6, 6.07) is 16.3. The van der Waals surface area contributed by atoms with Crippen molar-refractivity contribution in [3.8, 4) is 23.0 Å². The molecule has 0 saturated carbocycles. The van der Waals surface area contributed by atoms with Crippen molar-refractivity contribution in [1.29, 1.82) is 0 Å². The largest absolute Gasteiger partial charge is 0.493 e. The molecule has 0 spiro atoms. The first-order valence-corrected chi connectivity index (χ1v) is 11.0. The van der Waals surface area contributed by atoms with Gasteiger partial charge in [-0.25, -0.2) is 0 Å². The highest BCUT2D eigenvalue weighted by atomic mass is 16.6. The van der Waals surface area contributed by atoms with Crippen LogP contribution >= 0.6 is 0 Å². The lowest BCUT2D eigenvalue weighted by atomic mass is 9.91. The maximum Gasteiger partial charge on any atom is 0.269 e. The van der Waals surface area contributed by atoms with Crippen LogP contribution in [0.1, 0.15) is 27.5 Å². The molecule has 0 bridgehead atoms. The molecule has 0 radical (unpaired) electrons. The summed E-state index contributed by atoms with van der Waals surface area (Å²) < 4.78 is 22.5. The number of non-ortho nitro benzene ring substituents is 1. The van der Waals surface area contributed by atoms with Gasteiger partial charge >= 0.3 is 0 Å². The highest BCUT2D eigenvalue weighted by Crippen LogP contribution is 2.39. The Morgan fingerprint density at radius 3 is 2.20 bits per heavy atom. The van der Waals surface area contributed by atoms with E-state index in [0.717, 1.165) is 11.1 Å². The zero-order valence-corrected chi connectivity index (χ0v) is 19.7. The first-order valence-electron chi connectivity index (χ1n) is 11.0. The first kappa shape index (κ1) is 23.9. The van der Waals surface area contributed by atoms with Gasteiger partial charge in [0.05, 0.1) is 32.3 Å². The summed E-state index contributed by atoms with van der Waals surface area (Å²) in [5.41, 5.74) is 2.21. The Morgan fingerprint density at radius 2 is 1.57 bits per heavy atom. The maximum atomic E-state index is 13.5. The SMILES string of the molecule is COc1cc2c(cc1OC)C(COc1ccccc1OC)N(C(=O)c1ccc([N+](=O)[O-])cc1)CC2. The van der Waals surface area contributed by atoms with Crippen molar-refractivity contribution in [2.45, 2.75) is 12.5 Å². The molecule has 1 atom stereocenters. The molecule has 3 aromatic rings. The number of carbonyl (C=O) groups excluding carboxylic acids is 1. The number of rotatable bonds is 8. The Kier molecular flexibility index (Phi) is 7.05. The zero-order valence-electron chi connectivity index (χ0n) is 19.7. The standard InChI is InChI=1S/C26H26N2O7/c1-32-22-6-4-5-7-23(22)35-16-21-20-15-25(34-3)24(33-2)14-18(20)12-13-27(21)26(29)17-8-10-19(11-9-17)28(30)31/h4-11,14-15,21H,12-13,16H2,1-3H3. The number of benzene rings is 3. The van der Waals surface area contributed by atoms with E-state index in [-0.39, 0.29) is 18.2 Å². The second-order valence-corrected chi connectivity index (χ2v) is 7.94. The molecule has 35 heavy (non-hydrogen) atoms. The molecule has 0 N–H and O–H groups in total. The number of nitro benzene ring substituents is 1. The predicted octanol–water partition coefficient (Wildman–Crippen LogP) is 4.44. The second-order valence-electron chi connectivity index (χ2n) is 7.94. The van der Waals surface area contributed by atoms with Gasteiger partial charge < -0.3 is 23.8 Å². The summed E-state index contributed by atoms with van der Waals surface area (Å²) >= 11 is 0. The fraction of sp³-hybridized carbons (Fsp3) is 0.269. The Balaban J connectivity index is 1.70. The Bertz CT molecular complexity index is 1230. The number of hydrogen-bond donors (Lipinski definition) is 0. The van der Waals surface area contributed by atoms with Crippen molar-refractivity contribution < 1.29 is 28.7 Å². The summed E-state index contributed by atoms with van der Waals surface area (Å²) in [6.07, 6.45) is 0.611. The molecule has 0 aromatic heterocycles. The molecule has 0 fully saturated rings. The van der Waals surface area contributed by atoms with Gasteiger partial charge in [-0.1, -0.05) is 12.1 Å². The third-order valence-electron chi connectivity index (χ3n) is 6.05. The predicted molar refractivity (Wildman–Crippen MR) is 129 cm³/mol. The van der Waals surface area contributed by atoms with E-state index in [2.05, 4.69) is 0 Å². The molecule has 1 aliphatic heterocycles. The van der Waals surface area contributed by atoms with Crippen LogP contribution < -0.4 is 18.9 Å². The van der Waals surface area contributed by atoms with Crippen LogP contribution in [0.3, 0.4) is 0 Å². The van der Waals surface area contributed by atoms with Crippen LogP contribution in [-0.4, -0.2) is 50.2 Å². The first-order chi connectivity index (χ1) is 17.0. The zero-order chi connectivity index (χ0) is 24.9. The fourth-order valence-electron chi connectivity index (χ4n) is 4.25. The average molecular weight is 479 g/mol. The van der Waals surface area contributed by atoms with E-state index in [1.165, 1.54) is 24.3 Å². The summed E-state index contributed by atoms with van der Waals surface area (Å²) in [7, 11) is 4.71. The molecule has 4 rings (SSSR count). The van der Waals surface area contributed by atoms with Gasteiger partial charge in [-0.3, -0.25) is 14.9 Å². The minimum atomic E-state index is -0.491. The van der Waals surface area contributed by atoms with Crippen molar-refractivity contribution in [3.05, 3.63) is 87.5 Å². The van der Waals surface area contributed by atoms with Crippen molar-refractivity contribution in [3.63, 3.8) is 0 Å². The van der Waals surface area contributed by atoms with E-state index in [4.69, 9.17) is 18.9 Å². The van der Waals surface area contributed by atoms with Gasteiger partial charge in [-0.15, -0.1) is 0 Å². The van der Waals surface area contributed by atoms with Crippen LogP contribution in [0.25, 0.3) is 0 Å². The number of carbonyl (C=O) groups is 1. The van der Waals surface area contributed by atoms with Gasteiger partial charge in [0.1, 0.15) is 6.61 Å². The van der Waals surface area contributed by atoms with E-state index in [9.17, 15) is 14.9 Å². The molecule has 1 amide bonds. The molecular weight excluding hydrogens is 452 g/mol. The summed E-state index contributed by atoms with van der Waals surface area (Å²) in [5, 5.41) is 11.0. The molecule has 1 aliphatic rings. The highest BCUT2D eigenvalue weighted by molar-refractivity contribution is 5.95. The second kappa shape index (κ2) is 10.3. The summed E-state index contributed by atoms with van der Waals surface area (Å²) in [4.78, 5) is 25.8. The van der Waals surface area contributed by atoms with E-state index in [0.29, 0.717) is 41.5 Å². The van der Waals surface area contributed by atoms with Crippen molar-refractivity contribution >= 4 is 11.6 Å². The molecule has 1 heterocycles. The van der Waals surface area contributed by atoms with Crippen LogP contribution in [-0.2, 0) is 6.42 Å². The number of hydrogen-bond acceptors (Lipinski definition) is 7. The lowest BCUT2D eigenvalue weighted by Crippen LogP contribution is -2.42. The van der Waals surface area contributed by atoms with Crippen molar-refractivity contribution in [2.75, 3.05) is 34.5 Å². The van der Waals surface area contributed by atoms with E-state index in [1.807, 2.05) is 24.3 Å². The molecule has 1 unspecified atom stereocenters. The van der Waals surface area contributed by atoms with Gasteiger partial charge in [0.15, 0.2) is 23.0 Å². The number of methoxy groups -OCH3 is 3. The molecule has 9 nitrogen and oxygen atoms in total. The number of nitrogens with zero attached hydrogens (tertiary/aromatic N) is 2. The Hall–Kier alpha value is -4.27. The Morgan fingerprint density at radius 1 is 0.943 bits per heavy atom. The molecule has 0 aliphatic carbocycles. The smallest absolute Gasteiger partial charge is 0.269 e. The van der Waals surface area contributed by atoms with Crippen molar-refractivity contribution in [1.82, 2.24) is 4.90 Å². The lowest BCUT2D eigenvalue weighted by molar-refractivity contribution is -0.384. The van der Waals surface area contributed by atoms with Crippen LogP contribution in [0.15, 0.2) is 60.7 Å². The van der Waals surface area contributed by atoms with E-state index >= 15 is 0 Å². The quantitative estimate of drug-likeness (QED) is 0.349. The highest BCUT2D eigenvalue weighted by Gasteiger charge is 2.33. The van der Waals surface area contributed by atoms with Crippen LogP contribution in [0.5, 0.6) is 23.0 Å². The maximum absolute atomic E-state index is 13.5. The molecule has 3 aromatic carbocycles. The third kappa shape index (κ3) is 4.84. The average Bonchev–Trinajstić information content (AvgIpc) is 2.90. The number of ether oxygens (including phenoxy) is 4. The molecule has 182 valence electrons. The van der Waals surface area contributed by atoms with E-state index in [1.54, 1.807) is 38.4 Å². The molecule has 9 heteroatoms.